The van der Waals surface area contributed by atoms with E-state index in [-0.39, 0.29) is 24.2 Å². The fourth-order valence-corrected chi connectivity index (χ4v) is 3.91. The summed E-state index contributed by atoms with van der Waals surface area (Å²) in [6.07, 6.45) is -0.686. The summed E-state index contributed by atoms with van der Waals surface area (Å²) in [4.78, 5) is 49.0. The minimum Gasteiger partial charge on any atom is -0.466 e. The van der Waals surface area contributed by atoms with Crippen molar-refractivity contribution in [3.63, 3.8) is 0 Å². The summed E-state index contributed by atoms with van der Waals surface area (Å²) in [6.45, 7) is 8.21. The van der Waals surface area contributed by atoms with Gasteiger partial charge < -0.3 is 28.8 Å². The second-order valence-electron chi connectivity index (χ2n) is 8.40. The van der Waals surface area contributed by atoms with Crippen LogP contribution in [0.15, 0.2) is 35.5 Å². The second kappa shape index (κ2) is 9.48. The number of hydrogen-bond donors (Lipinski definition) is 1. The van der Waals surface area contributed by atoms with Crippen molar-refractivity contribution in [3.05, 3.63) is 35.5 Å². The molecule has 0 radical (unpaired) electrons. The third-order valence-electron chi connectivity index (χ3n) is 6.15. The Morgan fingerprint density at radius 1 is 1.33 bits per heavy atom. The maximum absolute atomic E-state index is 12.8. The molecule has 0 spiro atoms. The Labute approximate surface area is 191 Å². The molecule has 0 aromatic carbocycles. The highest BCUT2D eigenvalue weighted by Gasteiger charge is 2.59. The molecule has 0 amide bonds. The zero-order valence-corrected chi connectivity index (χ0v) is 19.0. The standard InChI is InChI=1S/C23H28O10/c1-11-17-16(31-20(11)26)9-14(10-30-13(3)24)7-6-8-15(21(27)29-5)18(25)19(17)32-22(28)23(4)12(2)33-23/h8-9,12,16-19,25H,1,6-7,10H2,2-5H3. The molecule has 1 N–H and O–H groups in total. The maximum atomic E-state index is 12.8. The number of ether oxygens (including phenoxy) is 5. The van der Waals surface area contributed by atoms with Crippen LogP contribution in [0.2, 0.25) is 0 Å². The van der Waals surface area contributed by atoms with Crippen LogP contribution >= 0.6 is 0 Å². The molecule has 2 aliphatic heterocycles. The number of aliphatic hydroxyl groups excluding tert-OH is 1. The van der Waals surface area contributed by atoms with E-state index in [1.807, 2.05) is 0 Å². The van der Waals surface area contributed by atoms with E-state index in [1.54, 1.807) is 19.9 Å². The molecule has 2 heterocycles. The summed E-state index contributed by atoms with van der Waals surface area (Å²) in [6, 6.07) is 0. The number of esters is 4. The molecule has 180 valence electrons. The second-order valence-corrected chi connectivity index (χ2v) is 8.40. The number of carbonyl (C=O) groups is 4. The fraction of sp³-hybridized carbons (Fsp3) is 0.565. The monoisotopic (exact) mass is 464 g/mol. The molecule has 0 saturated carbocycles. The van der Waals surface area contributed by atoms with Gasteiger partial charge in [0, 0.05) is 12.5 Å². The highest BCUT2D eigenvalue weighted by Crippen LogP contribution is 2.41. The zero-order valence-electron chi connectivity index (χ0n) is 19.0. The van der Waals surface area contributed by atoms with Gasteiger partial charge >= 0.3 is 23.9 Å². The number of hydrogen-bond acceptors (Lipinski definition) is 10. The predicted octanol–water partition coefficient (Wildman–Crippen LogP) is 0.917. The smallest absolute Gasteiger partial charge is 0.341 e. The molecule has 0 aromatic heterocycles. The first-order valence-corrected chi connectivity index (χ1v) is 10.6. The van der Waals surface area contributed by atoms with E-state index in [1.165, 1.54) is 13.0 Å². The molecule has 10 nitrogen and oxygen atoms in total. The Hall–Kier alpha value is -2.98. The Morgan fingerprint density at radius 3 is 2.58 bits per heavy atom. The SMILES string of the molecule is C=C1C(=O)OC2C=C(COC(C)=O)CCC=C(C(=O)OC)C(O)C(OC(=O)C3(C)OC3C)C12. The molecule has 2 saturated heterocycles. The summed E-state index contributed by atoms with van der Waals surface area (Å²) in [5.41, 5.74) is -0.749. The van der Waals surface area contributed by atoms with E-state index in [0.717, 1.165) is 7.11 Å². The lowest BCUT2D eigenvalue weighted by Gasteiger charge is -2.31. The molecule has 33 heavy (non-hydrogen) atoms. The van der Waals surface area contributed by atoms with Gasteiger partial charge in [0.25, 0.3) is 0 Å². The molecule has 0 aromatic rings. The van der Waals surface area contributed by atoms with E-state index in [9.17, 15) is 24.3 Å². The van der Waals surface area contributed by atoms with Crippen LogP contribution < -0.4 is 0 Å². The lowest BCUT2D eigenvalue weighted by Crippen LogP contribution is -2.46. The van der Waals surface area contributed by atoms with Crippen molar-refractivity contribution >= 4 is 23.9 Å². The molecule has 3 rings (SSSR count). The van der Waals surface area contributed by atoms with Crippen molar-refractivity contribution in [1.82, 2.24) is 0 Å². The first-order chi connectivity index (χ1) is 15.5. The highest BCUT2D eigenvalue weighted by atomic mass is 16.7. The van der Waals surface area contributed by atoms with Crippen LogP contribution in [-0.2, 0) is 42.9 Å². The first-order valence-electron chi connectivity index (χ1n) is 10.6. The molecular weight excluding hydrogens is 436 g/mol. The van der Waals surface area contributed by atoms with Crippen molar-refractivity contribution in [2.45, 2.75) is 63.6 Å². The first kappa shape index (κ1) is 24.7. The molecule has 3 aliphatic rings. The molecular formula is C23H28O10. The van der Waals surface area contributed by atoms with Crippen LogP contribution in [0.5, 0.6) is 0 Å². The van der Waals surface area contributed by atoms with Gasteiger partial charge in [-0.3, -0.25) is 4.79 Å². The van der Waals surface area contributed by atoms with Crippen LogP contribution in [0.1, 0.15) is 33.6 Å². The number of rotatable bonds is 5. The largest absolute Gasteiger partial charge is 0.466 e. The number of methoxy groups -OCH3 is 1. The molecule has 6 atom stereocenters. The molecule has 0 bridgehead atoms. The maximum Gasteiger partial charge on any atom is 0.341 e. The van der Waals surface area contributed by atoms with Crippen molar-refractivity contribution in [2.24, 2.45) is 5.92 Å². The van der Waals surface area contributed by atoms with Crippen LogP contribution in [0.3, 0.4) is 0 Å². The van der Waals surface area contributed by atoms with Gasteiger partial charge in [0.2, 0.25) is 0 Å². The Bertz CT molecular complexity index is 932. The lowest BCUT2D eigenvalue weighted by atomic mass is 9.83. The molecule has 6 unspecified atom stereocenters. The van der Waals surface area contributed by atoms with Crippen molar-refractivity contribution in [2.75, 3.05) is 13.7 Å². The molecule has 1 aliphatic carbocycles. The van der Waals surface area contributed by atoms with Gasteiger partial charge in [-0.2, -0.15) is 0 Å². The zero-order chi connectivity index (χ0) is 24.5. The minimum absolute atomic E-state index is 0.0281. The van der Waals surface area contributed by atoms with E-state index in [0.29, 0.717) is 12.0 Å². The number of fused-ring (bicyclic) bond motifs is 1. The van der Waals surface area contributed by atoms with Gasteiger partial charge in [0.15, 0.2) is 5.60 Å². The van der Waals surface area contributed by atoms with Crippen LogP contribution in [0.4, 0.5) is 0 Å². The lowest BCUT2D eigenvalue weighted by molar-refractivity contribution is -0.165. The summed E-state index contributed by atoms with van der Waals surface area (Å²) < 4.78 is 26.3. The van der Waals surface area contributed by atoms with Gasteiger partial charge in [-0.25, -0.2) is 14.4 Å². The van der Waals surface area contributed by atoms with E-state index >= 15 is 0 Å². The number of epoxide rings is 1. The molecule has 2 fully saturated rings. The van der Waals surface area contributed by atoms with Crippen LogP contribution in [-0.4, -0.2) is 72.7 Å². The Morgan fingerprint density at radius 2 is 2.00 bits per heavy atom. The van der Waals surface area contributed by atoms with E-state index in [4.69, 9.17) is 23.7 Å². The topological polar surface area (TPSA) is 138 Å². The number of carbonyl (C=O) groups excluding carboxylic acids is 4. The average Bonchev–Trinajstić information content (AvgIpc) is 3.29. The third kappa shape index (κ3) is 5.01. The molecule has 10 heteroatoms. The van der Waals surface area contributed by atoms with Crippen molar-refractivity contribution in [1.29, 1.82) is 0 Å². The normalized spacial score (nSPS) is 33.7. The summed E-state index contributed by atoms with van der Waals surface area (Å²) in [7, 11) is 1.16. The Kier molecular flexibility index (Phi) is 7.08. The van der Waals surface area contributed by atoms with Gasteiger partial charge in [0.05, 0.1) is 24.7 Å². The Balaban J connectivity index is 2.04. The summed E-state index contributed by atoms with van der Waals surface area (Å²) >= 11 is 0. The average molecular weight is 464 g/mol. The summed E-state index contributed by atoms with van der Waals surface area (Å²) in [5, 5.41) is 11.2. The van der Waals surface area contributed by atoms with Crippen molar-refractivity contribution in [3.8, 4) is 0 Å². The predicted molar refractivity (Wildman–Crippen MR) is 111 cm³/mol. The van der Waals surface area contributed by atoms with E-state index < -0.39 is 59.8 Å². The number of allylic oxidation sites excluding steroid dienone is 1. The van der Waals surface area contributed by atoms with Gasteiger partial charge in [-0.15, -0.1) is 0 Å². The van der Waals surface area contributed by atoms with Gasteiger partial charge in [-0.1, -0.05) is 12.7 Å². The minimum atomic E-state index is -1.62. The van der Waals surface area contributed by atoms with Crippen molar-refractivity contribution < 1.29 is 48.0 Å². The fourth-order valence-electron chi connectivity index (χ4n) is 3.91. The van der Waals surface area contributed by atoms with Gasteiger partial charge in [-0.05, 0) is 38.3 Å². The third-order valence-corrected chi connectivity index (χ3v) is 6.15. The van der Waals surface area contributed by atoms with Crippen LogP contribution in [0, 0.1) is 5.92 Å². The highest BCUT2D eigenvalue weighted by molar-refractivity contribution is 5.92. The van der Waals surface area contributed by atoms with Gasteiger partial charge in [0.1, 0.15) is 24.9 Å². The van der Waals surface area contributed by atoms with Crippen LogP contribution in [0.25, 0.3) is 0 Å². The number of aliphatic hydroxyl groups is 1. The van der Waals surface area contributed by atoms with E-state index in [2.05, 4.69) is 6.58 Å². The summed E-state index contributed by atoms with van der Waals surface area (Å²) in [5.74, 6) is -3.80. The quantitative estimate of drug-likeness (QED) is 0.205.